The van der Waals surface area contributed by atoms with Crippen LogP contribution in [0.15, 0.2) is 9.15 Å². The lowest BCUT2D eigenvalue weighted by molar-refractivity contribution is 0.157. The van der Waals surface area contributed by atoms with Crippen molar-refractivity contribution in [2.45, 2.75) is 43.7 Å². The Hall–Kier alpha value is -1.96. The standard InChI is InChI=1S/C12H16N6O2/c1-18-7-2-3-8(18)5-6(4-7)11-14-12(19-17-11)9-10(13)16-20-15-9/h6-8H,2-5H2,1H3,(H2,13,16). The summed E-state index contributed by atoms with van der Waals surface area (Å²) in [6.07, 6.45) is 4.70. The van der Waals surface area contributed by atoms with Crippen LogP contribution in [0.4, 0.5) is 5.82 Å². The van der Waals surface area contributed by atoms with Crippen LogP contribution in [0, 0.1) is 0 Å². The van der Waals surface area contributed by atoms with E-state index in [1.165, 1.54) is 12.8 Å². The van der Waals surface area contributed by atoms with Crippen molar-refractivity contribution in [2.24, 2.45) is 0 Å². The predicted octanol–water partition coefficient (Wildman–Crippen LogP) is 1.04. The Labute approximate surface area is 115 Å². The van der Waals surface area contributed by atoms with Gasteiger partial charge in [0.1, 0.15) is 0 Å². The summed E-state index contributed by atoms with van der Waals surface area (Å²) in [5.41, 5.74) is 5.95. The number of nitrogens with zero attached hydrogens (tertiary/aromatic N) is 5. The maximum absolute atomic E-state index is 5.63. The third-order valence-corrected chi connectivity index (χ3v) is 4.62. The van der Waals surface area contributed by atoms with Crippen molar-refractivity contribution in [1.82, 2.24) is 25.4 Å². The Morgan fingerprint density at radius 3 is 2.55 bits per heavy atom. The van der Waals surface area contributed by atoms with Gasteiger partial charge < -0.3 is 15.2 Å². The van der Waals surface area contributed by atoms with E-state index in [-0.39, 0.29) is 11.7 Å². The van der Waals surface area contributed by atoms with Crippen LogP contribution in [-0.2, 0) is 0 Å². The molecule has 0 amide bonds. The topological polar surface area (TPSA) is 107 Å². The van der Waals surface area contributed by atoms with Crippen molar-refractivity contribution in [1.29, 1.82) is 0 Å². The lowest BCUT2D eigenvalue weighted by Crippen LogP contribution is -2.39. The molecule has 2 N–H and O–H groups in total. The Bertz CT molecular complexity index is 609. The summed E-state index contributed by atoms with van der Waals surface area (Å²) in [7, 11) is 2.21. The largest absolute Gasteiger partial charge is 0.379 e. The number of nitrogen functional groups attached to an aromatic ring is 1. The van der Waals surface area contributed by atoms with E-state index in [9.17, 15) is 0 Å². The Kier molecular flexibility index (Phi) is 2.53. The average molecular weight is 276 g/mol. The molecule has 8 heteroatoms. The van der Waals surface area contributed by atoms with Crippen molar-refractivity contribution in [3.05, 3.63) is 5.82 Å². The van der Waals surface area contributed by atoms with Gasteiger partial charge in [0.15, 0.2) is 5.82 Å². The first kappa shape index (κ1) is 11.8. The van der Waals surface area contributed by atoms with Crippen LogP contribution in [0.5, 0.6) is 0 Å². The van der Waals surface area contributed by atoms with E-state index in [0.29, 0.717) is 23.7 Å². The van der Waals surface area contributed by atoms with Crippen LogP contribution in [-0.4, -0.2) is 44.5 Å². The molecule has 2 atom stereocenters. The van der Waals surface area contributed by atoms with Crippen molar-refractivity contribution >= 4 is 5.82 Å². The van der Waals surface area contributed by atoms with Crippen molar-refractivity contribution < 1.29 is 9.15 Å². The molecule has 8 nitrogen and oxygen atoms in total. The maximum Gasteiger partial charge on any atom is 0.284 e. The minimum absolute atomic E-state index is 0.170. The molecule has 2 aliphatic rings. The molecular weight excluding hydrogens is 260 g/mol. The van der Waals surface area contributed by atoms with Gasteiger partial charge in [0, 0.05) is 18.0 Å². The molecule has 2 aliphatic heterocycles. The molecule has 0 aromatic carbocycles. The van der Waals surface area contributed by atoms with Crippen LogP contribution in [0.25, 0.3) is 11.6 Å². The zero-order chi connectivity index (χ0) is 13.7. The first-order valence-corrected chi connectivity index (χ1v) is 6.86. The summed E-state index contributed by atoms with van der Waals surface area (Å²) in [6.45, 7) is 0. The molecule has 0 saturated carbocycles. The first-order chi connectivity index (χ1) is 9.72. The number of anilines is 1. The monoisotopic (exact) mass is 276 g/mol. The first-order valence-electron chi connectivity index (χ1n) is 6.86. The normalized spacial score (nSPS) is 29.9. The third-order valence-electron chi connectivity index (χ3n) is 4.62. The van der Waals surface area contributed by atoms with Crippen molar-refractivity contribution in [2.75, 3.05) is 12.8 Å². The zero-order valence-electron chi connectivity index (χ0n) is 11.2. The number of nitrogens with two attached hydrogens (primary N) is 1. The fraction of sp³-hybridized carbons (Fsp3) is 0.667. The van der Waals surface area contributed by atoms with Crippen LogP contribution in [0.2, 0.25) is 0 Å². The second-order valence-electron chi connectivity index (χ2n) is 5.67. The zero-order valence-corrected chi connectivity index (χ0v) is 11.2. The quantitative estimate of drug-likeness (QED) is 0.867. The molecule has 0 spiro atoms. The lowest BCUT2D eigenvalue weighted by Gasteiger charge is -2.34. The van der Waals surface area contributed by atoms with Crippen LogP contribution >= 0.6 is 0 Å². The smallest absolute Gasteiger partial charge is 0.284 e. The van der Waals surface area contributed by atoms with E-state index in [2.05, 4.69) is 37.0 Å². The molecule has 0 aliphatic carbocycles. The second-order valence-corrected chi connectivity index (χ2v) is 5.67. The van der Waals surface area contributed by atoms with E-state index in [1.54, 1.807) is 0 Å². The predicted molar refractivity (Wildman–Crippen MR) is 68.6 cm³/mol. The highest BCUT2D eigenvalue weighted by Gasteiger charge is 2.40. The molecule has 106 valence electrons. The molecule has 2 aromatic rings. The van der Waals surface area contributed by atoms with Gasteiger partial charge in [-0.05, 0) is 43.0 Å². The minimum atomic E-state index is 0.170. The molecule has 20 heavy (non-hydrogen) atoms. The van der Waals surface area contributed by atoms with Gasteiger partial charge >= 0.3 is 0 Å². The molecule has 2 bridgehead atoms. The number of hydrogen-bond acceptors (Lipinski definition) is 8. The van der Waals surface area contributed by atoms with Gasteiger partial charge in [0.05, 0.1) is 0 Å². The van der Waals surface area contributed by atoms with Crippen LogP contribution in [0.3, 0.4) is 0 Å². The van der Waals surface area contributed by atoms with Crippen LogP contribution < -0.4 is 5.73 Å². The van der Waals surface area contributed by atoms with Gasteiger partial charge in [0.25, 0.3) is 5.89 Å². The van der Waals surface area contributed by atoms with E-state index in [4.69, 9.17) is 10.3 Å². The van der Waals surface area contributed by atoms with Gasteiger partial charge in [0.2, 0.25) is 11.5 Å². The summed E-state index contributed by atoms with van der Waals surface area (Å²) in [5.74, 6) is 1.54. The molecule has 4 heterocycles. The number of hydrogen-bond donors (Lipinski definition) is 1. The van der Waals surface area contributed by atoms with Crippen molar-refractivity contribution in [3.63, 3.8) is 0 Å². The number of fused-ring (bicyclic) bond motifs is 2. The molecule has 0 radical (unpaired) electrons. The minimum Gasteiger partial charge on any atom is -0.379 e. The molecular formula is C12H16N6O2. The van der Waals surface area contributed by atoms with Crippen LogP contribution in [0.1, 0.15) is 37.4 Å². The highest BCUT2D eigenvalue weighted by Crippen LogP contribution is 2.41. The molecule has 4 rings (SSSR count). The number of rotatable bonds is 2. The van der Waals surface area contributed by atoms with Gasteiger partial charge in [-0.25, -0.2) is 4.63 Å². The average Bonchev–Trinajstić information content (AvgIpc) is 3.10. The SMILES string of the molecule is CN1C2CCC1CC(c1noc(-c3nonc3N)n1)C2. The Balaban J connectivity index is 1.59. The molecule has 2 saturated heterocycles. The highest BCUT2D eigenvalue weighted by atomic mass is 16.6. The van der Waals surface area contributed by atoms with Gasteiger partial charge in [-0.3, -0.25) is 0 Å². The van der Waals surface area contributed by atoms with Gasteiger partial charge in [-0.15, -0.1) is 0 Å². The molecule has 2 fully saturated rings. The summed E-state index contributed by atoms with van der Waals surface area (Å²) in [5, 5.41) is 11.3. The summed E-state index contributed by atoms with van der Waals surface area (Å²) < 4.78 is 9.80. The highest BCUT2D eigenvalue weighted by molar-refractivity contribution is 5.60. The molecule has 2 unspecified atom stereocenters. The van der Waals surface area contributed by atoms with E-state index >= 15 is 0 Å². The fourth-order valence-electron chi connectivity index (χ4n) is 3.46. The third kappa shape index (κ3) is 1.71. The number of aromatic nitrogens is 4. The van der Waals surface area contributed by atoms with E-state index in [1.807, 2.05) is 0 Å². The van der Waals surface area contributed by atoms with Crippen molar-refractivity contribution in [3.8, 4) is 11.6 Å². The van der Waals surface area contributed by atoms with Gasteiger partial charge in [-0.1, -0.05) is 5.16 Å². The van der Waals surface area contributed by atoms with E-state index in [0.717, 1.165) is 18.7 Å². The fourth-order valence-corrected chi connectivity index (χ4v) is 3.46. The Morgan fingerprint density at radius 2 is 1.90 bits per heavy atom. The summed E-state index contributed by atoms with van der Waals surface area (Å²) in [4.78, 5) is 6.90. The van der Waals surface area contributed by atoms with Gasteiger partial charge in [-0.2, -0.15) is 4.98 Å². The summed E-state index contributed by atoms with van der Waals surface area (Å²) in [6, 6.07) is 1.28. The summed E-state index contributed by atoms with van der Waals surface area (Å²) >= 11 is 0. The maximum atomic E-state index is 5.63. The molecule has 2 aromatic heterocycles. The number of piperidine rings is 1. The van der Waals surface area contributed by atoms with E-state index < -0.39 is 0 Å². The lowest BCUT2D eigenvalue weighted by atomic mass is 9.90. The Morgan fingerprint density at radius 1 is 1.15 bits per heavy atom. The second kappa shape index (κ2) is 4.27.